The first-order chi connectivity index (χ1) is 13.6. The number of ether oxygens (including phenoxy) is 2. The van der Waals surface area contributed by atoms with Gasteiger partial charge in [-0.05, 0) is 42.0 Å². The minimum absolute atomic E-state index is 0.0828. The van der Waals surface area contributed by atoms with Crippen LogP contribution in [0.3, 0.4) is 0 Å². The molecule has 154 valence electrons. The number of esters is 1. The Hall–Kier alpha value is -3.22. The lowest BCUT2D eigenvalue weighted by Crippen LogP contribution is -2.27. The normalized spacial score (nSPS) is 10.9. The molecule has 2 rings (SSSR count). The van der Waals surface area contributed by atoms with Crippen LogP contribution in [0.15, 0.2) is 42.5 Å². The van der Waals surface area contributed by atoms with Gasteiger partial charge in [0.2, 0.25) is 5.91 Å². The van der Waals surface area contributed by atoms with Gasteiger partial charge in [-0.1, -0.05) is 26.8 Å². The Labute approximate surface area is 169 Å². The van der Waals surface area contributed by atoms with Gasteiger partial charge in [-0.25, -0.2) is 4.39 Å². The van der Waals surface area contributed by atoms with E-state index in [1.54, 1.807) is 51.1 Å². The molecule has 0 aliphatic carbocycles. The van der Waals surface area contributed by atoms with Gasteiger partial charge in [0.1, 0.15) is 0 Å². The molecule has 1 N–H and O–H groups in total. The Bertz CT molecular complexity index is 900. The second-order valence-corrected chi connectivity index (χ2v) is 7.51. The predicted molar refractivity (Wildman–Crippen MR) is 106 cm³/mol. The van der Waals surface area contributed by atoms with E-state index < -0.39 is 23.8 Å². The van der Waals surface area contributed by atoms with Crippen LogP contribution in [0.1, 0.15) is 36.7 Å². The van der Waals surface area contributed by atoms with Gasteiger partial charge < -0.3 is 14.8 Å². The molecular formula is C22H24FNO5. The van der Waals surface area contributed by atoms with Crippen LogP contribution in [0.4, 0.5) is 10.1 Å². The van der Waals surface area contributed by atoms with Gasteiger partial charge in [-0.2, -0.15) is 0 Å². The highest BCUT2D eigenvalue weighted by Crippen LogP contribution is 2.19. The first-order valence-electron chi connectivity index (χ1n) is 9.03. The third kappa shape index (κ3) is 6.41. The van der Waals surface area contributed by atoms with Crippen molar-refractivity contribution in [3.8, 4) is 5.75 Å². The predicted octanol–water partition coefficient (Wildman–Crippen LogP) is 3.79. The van der Waals surface area contributed by atoms with Crippen molar-refractivity contribution in [1.82, 2.24) is 0 Å². The van der Waals surface area contributed by atoms with E-state index in [-0.39, 0.29) is 23.9 Å². The molecule has 2 aromatic carbocycles. The van der Waals surface area contributed by atoms with Crippen LogP contribution < -0.4 is 10.1 Å². The Kier molecular flexibility index (Phi) is 7.09. The molecule has 0 fully saturated rings. The zero-order valence-corrected chi connectivity index (χ0v) is 16.9. The summed E-state index contributed by atoms with van der Waals surface area (Å²) in [5.41, 5.74) is 0.803. The fraction of sp³-hybridized carbons (Fsp3) is 0.318. The van der Waals surface area contributed by atoms with Gasteiger partial charge in [0.25, 0.3) is 0 Å². The number of carbonyl (C=O) groups excluding carboxylic acids is 3. The highest BCUT2D eigenvalue weighted by Gasteiger charge is 2.21. The number of methoxy groups -OCH3 is 1. The van der Waals surface area contributed by atoms with Crippen molar-refractivity contribution in [2.24, 2.45) is 5.41 Å². The summed E-state index contributed by atoms with van der Waals surface area (Å²) in [5, 5.41) is 2.76. The Morgan fingerprint density at radius 3 is 2.24 bits per heavy atom. The molecule has 0 saturated heterocycles. The van der Waals surface area contributed by atoms with Crippen LogP contribution in [0.5, 0.6) is 5.75 Å². The van der Waals surface area contributed by atoms with E-state index in [1.807, 2.05) is 0 Å². The topological polar surface area (TPSA) is 81.7 Å². The van der Waals surface area contributed by atoms with Crippen molar-refractivity contribution in [1.29, 1.82) is 0 Å². The van der Waals surface area contributed by atoms with E-state index in [0.717, 1.165) is 0 Å². The van der Waals surface area contributed by atoms with Gasteiger partial charge >= 0.3 is 5.97 Å². The van der Waals surface area contributed by atoms with Gasteiger partial charge in [0, 0.05) is 16.7 Å². The molecule has 0 saturated carbocycles. The molecule has 0 bridgehead atoms. The smallest absolute Gasteiger partial charge is 0.310 e. The maximum absolute atomic E-state index is 13.7. The monoisotopic (exact) mass is 401 g/mol. The first-order valence-corrected chi connectivity index (χ1v) is 9.03. The lowest BCUT2D eigenvalue weighted by molar-refractivity contribution is -0.141. The average molecular weight is 401 g/mol. The molecule has 0 aliphatic heterocycles. The van der Waals surface area contributed by atoms with E-state index in [4.69, 9.17) is 9.47 Å². The van der Waals surface area contributed by atoms with Crippen LogP contribution in [0.25, 0.3) is 0 Å². The molecule has 0 atom stereocenters. The summed E-state index contributed by atoms with van der Waals surface area (Å²) in [7, 11) is 1.35. The number of anilines is 1. The van der Waals surface area contributed by atoms with Crippen LogP contribution in [-0.4, -0.2) is 31.4 Å². The number of benzene rings is 2. The molecule has 29 heavy (non-hydrogen) atoms. The number of hydrogen-bond acceptors (Lipinski definition) is 5. The number of carbonyl (C=O) groups is 3. The van der Waals surface area contributed by atoms with Crippen LogP contribution in [0, 0.1) is 11.2 Å². The first kappa shape index (κ1) is 22.1. The summed E-state index contributed by atoms with van der Waals surface area (Å²) < 4.78 is 23.5. The fourth-order valence-electron chi connectivity index (χ4n) is 2.32. The number of ketones is 1. The van der Waals surface area contributed by atoms with E-state index in [9.17, 15) is 18.8 Å². The summed E-state index contributed by atoms with van der Waals surface area (Å²) in [6, 6.07) is 10.5. The molecule has 0 aliphatic rings. The van der Waals surface area contributed by atoms with Gasteiger partial charge in [-0.3, -0.25) is 14.4 Å². The molecule has 6 nitrogen and oxygen atoms in total. The maximum atomic E-state index is 13.7. The van der Waals surface area contributed by atoms with E-state index in [2.05, 4.69) is 5.32 Å². The third-order valence-electron chi connectivity index (χ3n) is 4.07. The minimum atomic E-state index is -0.642. The number of amides is 1. The van der Waals surface area contributed by atoms with Crippen molar-refractivity contribution >= 4 is 23.3 Å². The van der Waals surface area contributed by atoms with Gasteiger partial charge in [-0.15, -0.1) is 0 Å². The molecule has 1 amide bonds. The number of Topliss-reactive ketones (excluding diaryl/α,β-unsaturated/α-hetero) is 1. The molecule has 0 spiro atoms. The molecule has 2 aromatic rings. The molecular weight excluding hydrogens is 377 g/mol. The van der Waals surface area contributed by atoms with Crippen LogP contribution >= 0.6 is 0 Å². The molecule has 0 unspecified atom stereocenters. The lowest BCUT2D eigenvalue weighted by Gasteiger charge is -2.17. The number of rotatable bonds is 7. The van der Waals surface area contributed by atoms with Gasteiger partial charge in [0.15, 0.2) is 24.0 Å². The van der Waals surface area contributed by atoms with Gasteiger partial charge in [0.05, 0.1) is 13.5 Å². The van der Waals surface area contributed by atoms with Crippen molar-refractivity contribution < 1.29 is 28.2 Å². The molecule has 0 heterocycles. The highest BCUT2D eigenvalue weighted by molar-refractivity contribution is 5.99. The summed E-state index contributed by atoms with van der Waals surface area (Å²) in [6.07, 6.45) is -0.161. The fourth-order valence-corrected chi connectivity index (χ4v) is 2.32. The largest absolute Gasteiger partial charge is 0.494 e. The van der Waals surface area contributed by atoms with E-state index in [1.165, 1.54) is 19.2 Å². The van der Waals surface area contributed by atoms with Crippen molar-refractivity contribution in [2.75, 3.05) is 19.0 Å². The van der Waals surface area contributed by atoms with Crippen molar-refractivity contribution in [2.45, 2.75) is 27.2 Å². The number of nitrogens with one attached hydrogen (secondary N) is 1. The third-order valence-corrected chi connectivity index (χ3v) is 4.07. The lowest BCUT2D eigenvalue weighted by atomic mass is 9.95. The second kappa shape index (κ2) is 9.32. The number of halogens is 1. The molecule has 0 radical (unpaired) electrons. The SMILES string of the molecule is COc1ccc(CC(=O)OCC(=O)c2ccc(NC(=O)C(C)(C)C)cc2)cc1F. The summed E-state index contributed by atoms with van der Waals surface area (Å²) in [4.78, 5) is 36.1. The minimum Gasteiger partial charge on any atom is -0.494 e. The zero-order valence-electron chi connectivity index (χ0n) is 16.9. The maximum Gasteiger partial charge on any atom is 0.310 e. The van der Waals surface area contributed by atoms with Crippen molar-refractivity contribution in [3.05, 3.63) is 59.4 Å². The standard InChI is InChI=1S/C22H24FNO5/c1-22(2,3)21(27)24-16-8-6-15(7-9-16)18(25)13-29-20(26)12-14-5-10-19(28-4)17(23)11-14/h5-11H,12-13H2,1-4H3,(H,24,27). The second-order valence-electron chi connectivity index (χ2n) is 7.51. The highest BCUT2D eigenvalue weighted by atomic mass is 19.1. The summed E-state index contributed by atoms with van der Waals surface area (Å²) in [5.74, 6) is -1.66. The average Bonchev–Trinajstić information content (AvgIpc) is 2.66. The number of hydrogen-bond donors (Lipinski definition) is 1. The molecule has 7 heteroatoms. The van der Waals surface area contributed by atoms with Crippen LogP contribution in [-0.2, 0) is 20.7 Å². The Morgan fingerprint density at radius 1 is 1.03 bits per heavy atom. The van der Waals surface area contributed by atoms with Crippen molar-refractivity contribution in [3.63, 3.8) is 0 Å². The Morgan fingerprint density at radius 2 is 1.69 bits per heavy atom. The molecule has 0 aromatic heterocycles. The summed E-state index contributed by atoms with van der Waals surface area (Å²) >= 11 is 0. The van der Waals surface area contributed by atoms with E-state index >= 15 is 0 Å². The summed E-state index contributed by atoms with van der Waals surface area (Å²) in [6.45, 7) is 4.98. The zero-order chi connectivity index (χ0) is 21.6. The van der Waals surface area contributed by atoms with E-state index in [0.29, 0.717) is 16.8 Å². The van der Waals surface area contributed by atoms with Crippen LogP contribution in [0.2, 0.25) is 0 Å². The quantitative estimate of drug-likeness (QED) is 0.564. The Balaban J connectivity index is 1.87.